The number of ether oxygens (including phenoxy) is 1. The summed E-state index contributed by atoms with van der Waals surface area (Å²) in [6, 6.07) is 7.25. The average molecular weight is 405 g/mol. The van der Waals surface area contributed by atoms with Crippen LogP contribution in [0.2, 0.25) is 0 Å². The highest BCUT2D eigenvalue weighted by Crippen LogP contribution is 2.36. The largest absolute Gasteiger partial charge is 0.443 e. The molecule has 0 saturated carbocycles. The number of hydrogen-bond donors (Lipinski definition) is 0. The quantitative estimate of drug-likeness (QED) is 0.739. The van der Waals surface area contributed by atoms with E-state index < -0.39 is 5.92 Å². The third-order valence-electron chi connectivity index (χ3n) is 5.60. The van der Waals surface area contributed by atoms with Gasteiger partial charge in [0.05, 0.1) is 13.2 Å². The van der Waals surface area contributed by atoms with Gasteiger partial charge in [-0.15, -0.1) is 0 Å². The second kappa shape index (κ2) is 7.84. The SMILES string of the molecule is CCOCC1CC(F)(F)CN1C1CN(C(=O)c2ncoc2-c2cccc(C)c2)C1. The topological polar surface area (TPSA) is 58.8 Å². The lowest BCUT2D eigenvalue weighted by Crippen LogP contribution is -2.62. The fourth-order valence-electron chi connectivity index (χ4n) is 4.13. The van der Waals surface area contributed by atoms with E-state index in [1.54, 1.807) is 9.80 Å². The van der Waals surface area contributed by atoms with Gasteiger partial charge in [-0.1, -0.05) is 23.8 Å². The van der Waals surface area contributed by atoms with Crippen LogP contribution >= 0.6 is 0 Å². The van der Waals surface area contributed by atoms with Gasteiger partial charge in [-0.05, 0) is 19.9 Å². The Morgan fingerprint density at radius 2 is 2.17 bits per heavy atom. The maximum atomic E-state index is 13.9. The van der Waals surface area contributed by atoms with Gasteiger partial charge >= 0.3 is 0 Å². The van der Waals surface area contributed by atoms with Crippen molar-refractivity contribution in [1.82, 2.24) is 14.8 Å². The molecule has 1 unspecified atom stereocenters. The zero-order valence-electron chi connectivity index (χ0n) is 16.6. The van der Waals surface area contributed by atoms with E-state index in [1.165, 1.54) is 6.39 Å². The Bertz CT molecular complexity index is 880. The Kier molecular flexibility index (Phi) is 5.40. The molecule has 1 aromatic carbocycles. The van der Waals surface area contributed by atoms with Crippen molar-refractivity contribution in [2.75, 3.05) is 32.8 Å². The van der Waals surface area contributed by atoms with Crippen molar-refractivity contribution in [2.24, 2.45) is 0 Å². The van der Waals surface area contributed by atoms with E-state index in [0.717, 1.165) is 11.1 Å². The van der Waals surface area contributed by atoms with E-state index in [-0.39, 0.29) is 43.3 Å². The van der Waals surface area contributed by atoms with Crippen LogP contribution in [0.5, 0.6) is 0 Å². The van der Waals surface area contributed by atoms with Crippen molar-refractivity contribution in [3.63, 3.8) is 0 Å². The minimum atomic E-state index is -2.71. The van der Waals surface area contributed by atoms with Crippen LogP contribution in [0.1, 0.15) is 29.4 Å². The standard InChI is InChI=1S/C21H25F2N3O3/c1-3-28-11-16-8-21(22,23)12-26(16)17-9-25(10-17)20(27)18-19(29-13-24-18)15-6-4-5-14(2)7-15/h4-7,13,16-17H,3,8-12H2,1-2H3. The first-order valence-electron chi connectivity index (χ1n) is 9.89. The lowest BCUT2D eigenvalue weighted by atomic mass is 10.0. The summed E-state index contributed by atoms with van der Waals surface area (Å²) >= 11 is 0. The van der Waals surface area contributed by atoms with Gasteiger partial charge in [0.2, 0.25) is 0 Å². The van der Waals surface area contributed by atoms with Crippen LogP contribution in [0, 0.1) is 6.92 Å². The second-order valence-corrected chi connectivity index (χ2v) is 7.81. The maximum Gasteiger partial charge on any atom is 0.276 e. The van der Waals surface area contributed by atoms with Crippen molar-refractivity contribution in [3.8, 4) is 11.3 Å². The molecule has 4 rings (SSSR count). The van der Waals surface area contributed by atoms with Crippen LogP contribution in [0.15, 0.2) is 35.1 Å². The average Bonchev–Trinajstić information content (AvgIpc) is 3.23. The molecule has 0 bridgehead atoms. The van der Waals surface area contributed by atoms with Crippen molar-refractivity contribution in [1.29, 1.82) is 0 Å². The van der Waals surface area contributed by atoms with Gasteiger partial charge in [-0.25, -0.2) is 13.8 Å². The molecule has 0 N–H and O–H groups in total. The Morgan fingerprint density at radius 3 is 2.90 bits per heavy atom. The monoisotopic (exact) mass is 405 g/mol. The van der Waals surface area contributed by atoms with E-state index >= 15 is 0 Å². The highest BCUT2D eigenvalue weighted by atomic mass is 19.3. The van der Waals surface area contributed by atoms with Gasteiger partial charge in [-0.3, -0.25) is 9.69 Å². The smallest absolute Gasteiger partial charge is 0.276 e. The number of aromatic nitrogens is 1. The summed E-state index contributed by atoms with van der Waals surface area (Å²) < 4.78 is 38.8. The summed E-state index contributed by atoms with van der Waals surface area (Å²) in [5, 5.41) is 0. The van der Waals surface area contributed by atoms with Crippen LogP contribution in [0.3, 0.4) is 0 Å². The zero-order valence-corrected chi connectivity index (χ0v) is 16.6. The Hall–Kier alpha value is -2.32. The van der Waals surface area contributed by atoms with Gasteiger partial charge < -0.3 is 14.1 Å². The molecule has 1 atom stereocenters. The molecule has 6 nitrogen and oxygen atoms in total. The number of rotatable bonds is 6. The van der Waals surface area contributed by atoms with Gasteiger partial charge in [0.25, 0.3) is 11.8 Å². The number of benzene rings is 1. The second-order valence-electron chi connectivity index (χ2n) is 7.81. The van der Waals surface area contributed by atoms with Gasteiger partial charge in [0.15, 0.2) is 17.8 Å². The van der Waals surface area contributed by atoms with Crippen molar-refractivity contribution < 1.29 is 22.7 Å². The van der Waals surface area contributed by atoms with Gasteiger partial charge in [0, 0.05) is 43.8 Å². The fraction of sp³-hybridized carbons (Fsp3) is 0.524. The van der Waals surface area contributed by atoms with E-state index in [4.69, 9.17) is 9.15 Å². The van der Waals surface area contributed by atoms with Gasteiger partial charge in [-0.2, -0.15) is 0 Å². The molecule has 2 saturated heterocycles. The Morgan fingerprint density at radius 1 is 1.38 bits per heavy atom. The first kappa shape index (κ1) is 20.0. The number of oxazole rings is 1. The highest BCUT2D eigenvalue weighted by Gasteiger charge is 2.50. The van der Waals surface area contributed by atoms with E-state index in [1.807, 2.05) is 38.1 Å². The molecule has 8 heteroatoms. The van der Waals surface area contributed by atoms with Crippen LogP contribution in [-0.2, 0) is 4.74 Å². The van der Waals surface area contributed by atoms with E-state index in [2.05, 4.69) is 4.98 Å². The van der Waals surface area contributed by atoms with Crippen molar-refractivity contribution >= 4 is 5.91 Å². The Balaban J connectivity index is 1.43. The number of halogens is 2. The molecule has 0 spiro atoms. The maximum absolute atomic E-state index is 13.9. The number of carbonyl (C=O) groups is 1. The minimum absolute atomic E-state index is 0.0906. The molecule has 2 aromatic rings. The third-order valence-corrected chi connectivity index (χ3v) is 5.60. The molecule has 2 fully saturated rings. The van der Waals surface area contributed by atoms with Crippen molar-refractivity contribution in [2.45, 2.75) is 38.3 Å². The number of hydrogen-bond acceptors (Lipinski definition) is 5. The van der Waals surface area contributed by atoms with Gasteiger partial charge in [0.1, 0.15) is 0 Å². The van der Waals surface area contributed by atoms with Crippen molar-refractivity contribution in [3.05, 3.63) is 41.9 Å². The molecule has 29 heavy (non-hydrogen) atoms. The van der Waals surface area contributed by atoms with E-state index in [9.17, 15) is 13.6 Å². The van der Waals surface area contributed by atoms with Crippen LogP contribution < -0.4 is 0 Å². The predicted octanol–water partition coefficient (Wildman–Crippen LogP) is 3.22. The number of likely N-dealkylation sites (tertiary alicyclic amines) is 2. The van der Waals surface area contributed by atoms with E-state index in [0.29, 0.717) is 25.5 Å². The molecule has 1 amide bonds. The lowest BCUT2D eigenvalue weighted by Gasteiger charge is -2.45. The fourth-order valence-corrected chi connectivity index (χ4v) is 4.13. The van der Waals surface area contributed by atoms with Crippen LogP contribution in [-0.4, -0.2) is 71.5 Å². The number of carbonyl (C=O) groups excluding carboxylic acids is 1. The molecular weight excluding hydrogens is 380 g/mol. The molecule has 0 aliphatic carbocycles. The first-order chi connectivity index (χ1) is 13.9. The number of amides is 1. The zero-order chi connectivity index (χ0) is 20.6. The molecule has 2 aliphatic rings. The molecule has 1 aromatic heterocycles. The Labute approximate surface area is 168 Å². The number of nitrogens with zero attached hydrogens (tertiary/aromatic N) is 3. The van der Waals surface area contributed by atoms with Crippen LogP contribution in [0.4, 0.5) is 8.78 Å². The summed E-state index contributed by atoms with van der Waals surface area (Å²) in [6.07, 6.45) is 1.07. The summed E-state index contributed by atoms with van der Waals surface area (Å²) in [6.45, 7) is 5.12. The number of alkyl halides is 2. The molecule has 156 valence electrons. The molecule has 0 radical (unpaired) electrons. The summed E-state index contributed by atoms with van der Waals surface area (Å²) in [4.78, 5) is 20.5. The molecule has 2 aliphatic heterocycles. The summed E-state index contributed by atoms with van der Waals surface area (Å²) in [5.74, 6) is -2.51. The lowest BCUT2D eigenvalue weighted by molar-refractivity contribution is -0.0149. The molecule has 3 heterocycles. The normalized spacial score (nSPS) is 22.1. The third kappa shape index (κ3) is 4.04. The van der Waals surface area contributed by atoms with Crippen LogP contribution in [0.25, 0.3) is 11.3 Å². The number of aryl methyl sites for hydroxylation is 1. The molecular formula is C21H25F2N3O3. The predicted molar refractivity (Wildman–Crippen MR) is 103 cm³/mol. The first-order valence-corrected chi connectivity index (χ1v) is 9.89. The minimum Gasteiger partial charge on any atom is -0.443 e. The highest BCUT2D eigenvalue weighted by molar-refractivity contribution is 5.98. The summed E-state index contributed by atoms with van der Waals surface area (Å²) in [5.41, 5.74) is 2.10. The summed E-state index contributed by atoms with van der Waals surface area (Å²) in [7, 11) is 0.